The summed E-state index contributed by atoms with van der Waals surface area (Å²) < 4.78 is 2.08. The van der Waals surface area contributed by atoms with Gasteiger partial charge in [-0.2, -0.15) is 0 Å². The first-order valence-electron chi connectivity index (χ1n) is 9.24. The van der Waals surface area contributed by atoms with Crippen LogP contribution in [0.25, 0.3) is 0 Å². The molecule has 21 heavy (non-hydrogen) atoms. The van der Waals surface area contributed by atoms with E-state index in [0.717, 1.165) is 0 Å². The number of rotatable bonds is 8. The summed E-state index contributed by atoms with van der Waals surface area (Å²) in [6.45, 7) is 30.7. The van der Waals surface area contributed by atoms with Gasteiger partial charge in [-0.25, -0.2) is 0 Å². The Morgan fingerprint density at radius 2 is 0.571 bits per heavy atom. The zero-order valence-electron chi connectivity index (χ0n) is 17.3. The van der Waals surface area contributed by atoms with Crippen LogP contribution in [-0.4, -0.2) is 0 Å². The van der Waals surface area contributed by atoms with Crippen LogP contribution in [0.15, 0.2) is 0 Å². The van der Waals surface area contributed by atoms with Crippen LogP contribution in [0, 0.1) is 0 Å². The summed E-state index contributed by atoms with van der Waals surface area (Å²) in [6, 6.07) is 0. The van der Waals surface area contributed by atoms with Gasteiger partial charge in [0.05, 0.1) is 0 Å². The molecule has 0 bridgehead atoms. The summed E-state index contributed by atoms with van der Waals surface area (Å²) in [5, 5.41) is 0. The molecule has 1 heteroatoms. The molecule has 0 spiro atoms. The van der Waals surface area contributed by atoms with Crippen molar-refractivity contribution in [3.63, 3.8) is 0 Å². The van der Waals surface area contributed by atoms with Gasteiger partial charge < -0.3 is 0 Å². The van der Waals surface area contributed by atoms with Gasteiger partial charge in [-0.05, 0) is 0 Å². The summed E-state index contributed by atoms with van der Waals surface area (Å²) in [6.07, 6.45) is 5.33. The van der Waals surface area contributed by atoms with Crippen LogP contribution < -0.4 is 0 Å². The third-order valence-corrected chi connectivity index (χ3v) is 31.0. The fourth-order valence-corrected chi connectivity index (χ4v) is 38.8. The molecule has 128 valence electrons. The molecular formula is C20H44Zr. The molecular weight excluding hydrogens is 331 g/mol. The van der Waals surface area contributed by atoms with E-state index in [-0.39, 0.29) is 0 Å². The molecule has 0 radical (unpaired) electrons. The summed E-state index contributed by atoms with van der Waals surface area (Å²) >= 11 is -2.73. The van der Waals surface area contributed by atoms with Gasteiger partial charge in [0, 0.05) is 0 Å². The second kappa shape index (κ2) is 6.78. The Morgan fingerprint density at radius 3 is 0.667 bits per heavy atom. The third kappa shape index (κ3) is 3.12. The van der Waals surface area contributed by atoms with E-state index < -0.39 is 20.3 Å². The molecule has 0 heterocycles. The van der Waals surface area contributed by atoms with Crippen LogP contribution in [0.3, 0.4) is 0 Å². The van der Waals surface area contributed by atoms with Gasteiger partial charge in [0.2, 0.25) is 0 Å². The van der Waals surface area contributed by atoms with Crippen LogP contribution >= 0.6 is 0 Å². The summed E-state index contributed by atoms with van der Waals surface area (Å²) in [5.41, 5.74) is 0. The summed E-state index contributed by atoms with van der Waals surface area (Å²) in [7, 11) is 0. The Bertz CT molecular complexity index is 264. The van der Waals surface area contributed by atoms with Gasteiger partial charge in [0.15, 0.2) is 0 Å². The normalized spacial score (nSPS) is 15.4. The fraction of sp³-hybridized carbons (Fsp3) is 1.00. The fourth-order valence-electron chi connectivity index (χ4n) is 6.56. The van der Waals surface area contributed by atoms with Crippen molar-refractivity contribution in [2.75, 3.05) is 0 Å². The minimum atomic E-state index is -2.73. The second-order valence-electron chi connectivity index (χ2n) is 9.70. The zero-order chi connectivity index (χ0) is 17.3. The molecule has 0 aliphatic heterocycles. The van der Waals surface area contributed by atoms with Crippen molar-refractivity contribution in [2.24, 2.45) is 0 Å². The number of hydrogen-bond acceptors (Lipinski definition) is 0. The first-order chi connectivity index (χ1) is 9.24. The van der Waals surface area contributed by atoms with Gasteiger partial charge in [0.25, 0.3) is 0 Å². The van der Waals surface area contributed by atoms with Crippen LogP contribution in [0.2, 0.25) is 12.5 Å². The van der Waals surface area contributed by atoms with Crippen molar-refractivity contribution < 1.29 is 20.3 Å². The molecule has 0 rings (SSSR count). The average molecular weight is 376 g/mol. The van der Waals surface area contributed by atoms with E-state index in [1.165, 1.54) is 25.7 Å². The van der Waals surface area contributed by atoms with Crippen LogP contribution in [-0.2, 0) is 20.3 Å². The average Bonchev–Trinajstić information content (AvgIpc) is 2.37. The molecule has 0 saturated heterocycles. The zero-order valence-corrected chi connectivity index (χ0v) is 19.8. The third-order valence-electron chi connectivity index (χ3n) is 7.60. The minimum absolute atomic E-state index is 0.521. The van der Waals surface area contributed by atoms with Gasteiger partial charge in [-0.1, -0.05) is 0 Å². The molecule has 0 atom stereocenters. The molecule has 0 aliphatic carbocycles. The molecule has 0 N–H and O–H groups in total. The van der Waals surface area contributed by atoms with Crippen molar-refractivity contribution >= 4 is 0 Å². The first kappa shape index (κ1) is 21.9. The van der Waals surface area contributed by atoms with Crippen molar-refractivity contribution in [3.8, 4) is 0 Å². The maximum atomic E-state index is 2.62. The Hall–Kier alpha value is 0.883. The molecule has 0 nitrogen and oxygen atoms in total. The standard InChI is InChI=1S/4C5H11.Zr/c4*1-4-5(2)3;/h4*4H2,1-3H3;. The van der Waals surface area contributed by atoms with Crippen LogP contribution in [0.4, 0.5) is 0 Å². The Labute approximate surface area is 141 Å². The van der Waals surface area contributed by atoms with Crippen molar-refractivity contribution in [3.05, 3.63) is 0 Å². The van der Waals surface area contributed by atoms with E-state index in [4.69, 9.17) is 0 Å². The quantitative estimate of drug-likeness (QED) is 0.398. The van der Waals surface area contributed by atoms with Crippen molar-refractivity contribution in [1.82, 2.24) is 0 Å². The molecule has 0 aromatic heterocycles. The second-order valence-corrected chi connectivity index (χ2v) is 26.7. The summed E-state index contributed by atoms with van der Waals surface area (Å²) in [5.74, 6) is 0. The van der Waals surface area contributed by atoms with Crippen molar-refractivity contribution in [1.29, 1.82) is 0 Å². The Morgan fingerprint density at radius 1 is 0.429 bits per heavy atom. The molecule has 0 amide bonds. The van der Waals surface area contributed by atoms with Gasteiger partial charge in [-0.15, -0.1) is 0 Å². The Balaban J connectivity index is 6.85. The Kier molecular flexibility index (Phi) is 7.07. The van der Waals surface area contributed by atoms with Crippen LogP contribution in [0.5, 0.6) is 0 Å². The van der Waals surface area contributed by atoms with Crippen LogP contribution in [0.1, 0.15) is 109 Å². The first-order valence-corrected chi connectivity index (χ1v) is 14.2. The number of hydrogen-bond donors (Lipinski definition) is 0. The van der Waals surface area contributed by atoms with Gasteiger partial charge in [-0.3, -0.25) is 0 Å². The predicted octanol–water partition coefficient (Wildman–Crippen LogP) is 8.57. The topological polar surface area (TPSA) is 0 Å². The van der Waals surface area contributed by atoms with Gasteiger partial charge in [0.1, 0.15) is 0 Å². The molecule has 0 aliphatic rings. The van der Waals surface area contributed by atoms with E-state index >= 15 is 0 Å². The SMILES string of the molecule is CC[C](C)(C)[Zr]([C](C)(C)CC)([C](C)(C)CC)[C](C)(C)CC. The molecule has 0 aromatic rings. The molecule has 0 aromatic carbocycles. The predicted molar refractivity (Wildman–Crippen MR) is 97.3 cm³/mol. The van der Waals surface area contributed by atoms with E-state index in [0.29, 0.717) is 12.5 Å². The monoisotopic (exact) mass is 374 g/mol. The summed E-state index contributed by atoms with van der Waals surface area (Å²) in [4.78, 5) is 0. The van der Waals surface area contributed by atoms with E-state index in [1.807, 2.05) is 0 Å². The van der Waals surface area contributed by atoms with Gasteiger partial charge >= 0.3 is 142 Å². The molecule has 0 unspecified atom stereocenters. The molecule has 0 fully saturated rings. The van der Waals surface area contributed by atoms with E-state index in [1.54, 1.807) is 0 Å². The maximum absolute atomic E-state index is 2.73. The molecule has 0 saturated carbocycles. The van der Waals surface area contributed by atoms with E-state index in [9.17, 15) is 0 Å². The van der Waals surface area contributed by atoms with Crippen molar-refractivity contribution in [2.45, 2.75) is 121 Å². The van der Waals surface area contributed by atoms with E-state index in [2.05, 4.69) is 83.1 Å².